The molecule has 25 heavy (non-hydrogen) atoms. The lowest BCUT2D eigenvalue weighted by atomic mass is 9.93. The second kappa shape index (κ2) is 6.49. The SMILES string of the molecule is Cc1nnsc1CN1C[C@@H]2CC[C@H](C1)N(Cc1c(C)noc1C)C2=O. The van der Waals surface area contributed by atoms with Crippen LogP contribution in [-0.4, -0.2) is 49.6 Å². The topological polar surface area (TPSA) is 75.4 Å². The van der Waals surface area contributed by atoms with E-state index in [1.807, 2.05) is 20.8 Å². The first kappa shape index (κ1) is 16.7. The van der Waals surface area contributed by atoms with Gasteiger partial charge in [0.25, 0.3) is 0 Å². The summed E-state index contributed by atoms with van der Waals surface area (Å²) in [5, 5.41) is 8.14. The van der Waals surface area contributed by atoms with Crippen LogP contribution in [0.3, 0.4) is 0 Å². The smallest absolute Gasteiger partial charge is 0.227 e. The lowest BCUT2D eigenvalue weighted by molar-refractivity contribution is -0.140. The Morgan fingerprint density at radius 1 is 1.16 bits per heavy atom. The van der Waals surface area contributed by atoms with Crippen molar-refractivity contribution in [3.8, 4) is 0 Å². The normalized spacial score (nSPS) is 24.1. The Morgan fingerprint density at radius 3 is 2.68 bits per heavy atom. The van der Waals surface area contributed by atoms with Crippen molar-refractivity contribution in [3.63, 3.8) is 0 Å². The van der Waals surface area contributed by atoms with E-state index in [1.165, 1.54) is 16.4 Å². The van der Waals surface area contributed by atoms with Gasteiger partial charge in [-0.25, -0.2) is 0 Å². The van der Waals surface area contributed by atoms with Crippen LogP contribution in [0.5, 0.6) is 0 Å². The fraction of sp³-hybridized carbons (Fsp3) is 0.647. The highest BCUT2D eigenvalue weighted by molar-refractivity contribution is 7.05. The van der Waals surface area contributed by atoms with Gasteiger partial charge in [-0.3, -0.25) is 9.69 Å². The number of fused-ring (bicyclic) bond motifs is 4. The zero-order valence-corrected chi connectivity index (χ0v) is 15.7. The predicted octanol–water partition coefficient (Wildman–Crippen LogP) is 2.07. The summed E-state index contributed by atoms with van der Waals surface area (Å²) in [5.41, 5.74) is 2.93. The van der Waals surface area contributed by atoms with Crippen LogP contribution in [0, 0.1) is 26.7 Å². The molecule has 3 aliphatic rings. The molecular weight excluding hydrogens is 338 g/mol. The van der Waals surface area contributed by atoms with Crippen molar-refractivity contribution in [2.45, 2.75) is 52.7 Å². The second-order valence-electron chi connectivity index (χ2n) is 7.17. The minimum Gasteiger partial charge on any atom is -0.361 e. The van der Waals surface area contributed by atoms with E-state index >= 15 is 0 Å². The van der Waals surface area contributed by atoms with Crippen LogP contribution >= 0.6 is 11.5 Å². The Kier molecular flexibility index (Phi) is 4.33. The summed E-state index contributed by atoms with van der Waals surface area (Å²) >= 11 is 1.46. The van der Waals surface area contributed by atoms with Gasteiger partial charge in [-0.15, -0.1) is 5.10 Å². The first-order valence-corrected chi connectivity index (χ1v) is 9.52. The van der Waals surface area contributed by atoms with E-state index < -0.39 is 0 Å². The van der Waals surface area contributed by atoms with E-state index in [4.69, 9.17) is 4.52 Å². The molecule has 8 heteroatoms. The highest BCUT2D eigenvalue weighted by atomic mass is 32.1. The molecule has 2 aromatic heterocycles. The van der Waals surface area contributed by atoms with Crippen LogP contribution in [0.25, 0.3) is 0 Å². The van der Waals surface area contributed by atoms with Crippen LogP contribution in [0.1, 0.15) is 40.4 Å². The molecular formula is C17H23N5O2S. The average molecular weight is 361 g/mol. The van der Waals surface area contributed by atoms with Crippen molar-refractivity contribution in [2.75, 3.05) is 13.1 Å². The van der Waals surface area contributed by atoms with E-state index in [2.05, 4.69) is 24.5 Å². The lowest BCUT2D eigenvalue weighted by Crippen LogP contribution is -2.47. The number of carbonyl (C=O) groups is 1. The van der Waals surface area contributed by atoms with Gasteiger partial charge >= 0.3 is 0 Å². The number of nitrogens with zero attached hydrogens (tertiary/aromatic N) is 5. The number of aromatic nitrogens is 3. The molecule has 3 fully saturated rings. The fourth-order valence-electron chi connectivity index (χ4n) is 3.96. The molecule has 5 rings (SSSR count). The molecule has 0 aliphatic carbocycles. The van der Waals surface area contributed by atoms with Crippen molar-refractivity contribution in [3.05, 3.63) is 27.6 Å². The maximum Gasteiger partial charge on any atom is 0.227 e. The Hall–Kier alpha value is -1.80. The summed E-state index contributed by atoms with van der Waals surface area (Å²) < 4.78 is 9.31. The monoisotopic (exact) mass is 361 g/mol. The van der Waals surface area contributed by atoms with E-state index in [1.54, 1.807) is 0 Å². The van der Waals surface area contributed by atoms with Gasteiger partial charge in [-0.2, -0.15) is 0 Å². The standard InChI is InChI=1S/C17H23N5O2S/c1-10-15(12(3)24-19-10)8-22-14-5-4-13(17(22)23)6-21(7-14)9-16-11(2)18-20-25-16/h13-14H,4-9H2,1-3H3/t13-,14+/m0/s1. The number of piperidine rings is 1. The van der Waals surface area contributed by atoms with E-state index in [9.17, 15) is 4.79 Å². The Balaban J connectivity index is 1.54. The molecule has 2 bridgehead atoms. The summed E-state index contributed by atoms with van der Waals surface area (Å²) in [6.45, 7) is 9.03. The second-order valence-corrected chi connectivity index (χ2v) is 8.01. The molecule has 0 N–H and O–H groups in total. The van der Waals surface area contributed by atoms with Crippen molar-refractivity contribution < 1.29 is 9.32 Å². The number of rotatable bonds is 4. The summed E-state index contributed by atoms with van der Waals surface area (Å²) in [5.74, 6) is 1.17. The van der Waals surface area contributed by atoms with Gasteiger partial charge in [0.2, 0.25) is 5.91 Å². The molecule has 134 valence electrons. The Morgan fingerprint density at radius 2 is 2.00 bits per heavy atom. The van der Waals surface area contributed by atoms with E-state index in [0.29, 0.717) is 6.54 Å². The minimum atomic E-state index is 0.0837. The zero-order chi connectivity index (χ0) is 17.6. The maximum absolute atomic E-state index is 13.0. The molecule has 2 aromatic rings. The third-order valence-electron chi connectivity index (χ3n) is 5.49. The number of hydrogen-bond donors (Lipinski definition) is 0. The van der Waals surface area contributed by atoms with Gasteiger partial charge < -0.3 is 9.42 Å². The summed E-state index contributed by atoms with van der Waals surface area (Å²) in [6.07, 6.45) is 2.05. The lowest BCUT2D eigenvalue weighted by Gasteiger charge is -2.36. The average Bonchev–Trinajstić information content (AvgIpc) is 3.00. The molecule has 5 heterocycles. The summed E-state index contributed by atoms with van der Waals surface area (Å²) in [7, 11) is 0. The number of carbonyl (C=O) groups excluding carboxylic acids is 1. The molecule has 1 amide bonds. The molecule has 0 radical (unpaired) electrons. The molecule has 3 saturated heterocycles. The predicted molar refractivity (Wildman–Crippen MR) is 93.0 cm³/mol. The molecule has 3 aliphatic heterocycles. The third kappa shape index (κ3) is 3.08. The molecule has 0 spiro atoms. The molecule has 0 unspecified atom stereocenters. The van der Waals surface area contributed by atoms with E-state index in [-0.39, 0.29) is 17.9 Å². The van der Waals surface area contributed by atoms with Crippen LogP contribution in [0.2, 0.25) is 0 Å². The minimum absolute atomic E-state index is 0.0837. The van der Waals surface area contributed by atoms with Crippen molar-refractivity contribution in [1.82, 2.24) is 24.5 Å². The Labute approximate surface area is 151 Å². The van der Waals surface area contributed by atoms with Crippen LogP contribution in [-0.2, 0) is 17.9 Å². The highest BCUT2D eigenvalue weighted by Gasteiger charge is 2.41. The quantitative estimate of drug-likeness (QED) is 0.830. The van der Waals surface area contributed by atoms with Crippen LogP contribution in [0.15, 0.2) is 4.52 Å². The number of hydrogen-bond acceptors (Lipinski definition) is 7. The first-order chi connectivity index (χ1) is 12.0. The molecule has 0 saturated carbocycles. The molecule has 7 nitrogen and oxygen atoms in total. The van der Waals surface area contributed by atoms with Crippen molar-refractivity contribution >= 4 is 17.4 Å². The molecule has 0 aromatic carbocycles. The first-order valence-electron chi connectivity index (χ1n) is 8.75. The fourth-order valence-corrected chi connectivity index (χ4v) is 4.64. The van der Waals surface area contributed by atoms with Gasteiger partial charge in [0.15, 0.2) is 0 Å². The number of amides is 1. The van der Waals surface area contributed by atoms with Gasteiger partial charge in [-0.05, 0) is 45.1 Å². The largest absolute Gasteiger partial charge is 0.361 e. The van der Waals surface area contributed by atoms with Crippen LogP contribution < -0.4 is 0 Å². The van der Waals surface area contributed by atoms with Crippen LogP contribution in [0.4, 0.5) is 0 Å². The highest BCUT2D eigenvalue weighted by Crippen LogP contribution is 2.32. The Bertz CT molecular complexity index is 766. The van der Waals surface area contributed by atoms with E-state index in [0.717, 1.165) is 55.2 Å². The third-order valence-corrected chi connectivity index (χ3v) is 6.30. The van der Waals surface area contributed by atoms with Gasteiger partial charge in [0.05, 0.1) is 28.7 Å². The summed E-state index contributed by atoms with van der Waals surface area (Å²) in [6, 6.07) is 0.251. The van der Waals surface area contributed by atoms with Crippen molar-refractivity contribution in [1.29, 1.82) is 0 Å². The molecule has 2 atom stereocenters. The van der Waals surface area contributed by atoms with Gasteiger partial charge in [-0.1, -0.05) is 9.64 Å². The number of aryl methyl sites for hydroxylation is 3. The van der Waals surface area contributed by atoms with Gasteiger partial charge in [0.1, 0.15) is 5.76 Å². The summed E-state index contributed by atoms with van der Waals surface area (Å²) in [4.78, 5) is 18.6. The van der Waals surface area contributed by atoms with Gasteiger partial charge in [0, 0.05) is 31.2 Å². The zero-order valence-electron chi connectivity index (χ0n) is 14.9. The maximum atomic E-state index is 13.0. The van der Waals surface area contributed by atoms with Crippen molar-refractivity contribution in [2.24, 2.45) is 5.92 Å².